The van der Waals surface area contributed by atoms with Crippen LogP contribution in [-0.4, -0.2) is 27.0 Å². The van der Waals surface area contributed by atoms with Gasteiger partial charge in [0.1, 0.15) is 15.6 Å². The SMILES string of the molecule is CCNC(CS(C)(=O)=O)c1occc1Br. The molecule has 1 aromatic heterocycles. The fraction of sp³-hybridized carbons (Fsp3) is 0.556. The standard InChI is InChI=1S/C9H14BrNO3S/c1-3-11-8(6-15(2,12)13)9-7(10)4-5-14-9/h4-5,8,11H,3,6H2,1-2H3. The highest BCUT2D eigenvalue weighted by Crippen LogP contribution is 2.25. The van der Waals surface area contributed by atoms with Gasteiger partial charge in [0.2, 0.25) is 0 Å². The molecule has 4 nitrogen and oxygen atoms in total. The first-order valence-electron chi connectivity index (χ1n) is 4.58. The average Bonchev–Trinajstić information content (AvgIpc) is 2.48. The minimum atomic E-state index is -3.03. The lowest BCUT2D eigenvalue weighted by Crippen LogP contribution is -2.27. The van der Waals surface area contributed by atoms with Gasteiger partial charge >= 0.3 is 0 Å². The van der Waals surface area contributed by atoms with Crippen LogP contribution >= 0.6 is 15.9 Å². The molecule has 0 aliphatic rings. The molecule has 0 aliphatic carbocycles. The van der Waals surface area contributed by atoms with Crippen molar-refractivity contribution in [1.29, 1.82) is 0 Å². The molecule has 0 bridgehead atoms. The second-order valence-corrected chi connectivity index (χ2v) is 6.37. The number of nitrogens with one attached hydrogen (secondary N) is 1. The van der Waals surface area contributed by atoms with E-state index in [1.54, 1.807) is 6.07 Å². The van der Waals surface area contributed by atoms with Gasteiger partial charge < -0.3 is 9.73 Å². The Labute approximate surface area is 98.1 Å². The van der Waals surface area contributed by atoms with Gasteiger partial charge in [-0.05, 0) is 28.5 Å². The summed E-state index contributed by atoms with van der Waals surface area (Å²) in [7, 11) is -3.03. The quantitative estimate of drug-likeness (QED) is 0.899. The first-order chi connectivity index (χ1) is 6.94. The Morgan fingerprint density at radius 3 is 2.67 bits per heavy atom. The molecule has 1 aromatic rings. The van der Waals surface area contributed by atoms with Gasteiger partial charge in [0.25, 0.3) is 0 Å². The Balaban J connectivity index is 2.88. The summed E-state index contributed by atoms with van der Waals surface area (Å²) < 4.78 is 28.5. The van der Waals surface area contributed by atoms with Crippen molar-refractivity contribution in [2.45, 2.75) is 13.0 Å². The third-order valence-corrected chi connectivity index (χ3v) is 3.48. The maximum Gasteiger partial charge on any atom is 0.149 e. The van der Waals surface area contributed by atoms with Crippen LogP contribution in [0.15, 0.2) is 21.2 Å². The summed E-state index contributed by atoms with van der Waals surface area (Å²) in [5.74, 6) is 0.662. The van der Waals surface area contributed by atoms with E-state index < -0.39 is 9.84 Å². The summed E-state index contributed by atoms with van der Waals surface area (Å²) in [4.78, 5) is 0. The average molecular weight is 296 g/mol. The van der Waals surface area contributed by atoms with E-state index in [4.69, 9.17) is 4.42 Å². The van der Waals surface area contributed by atoms with Crippen LogP contribution in [0.4, 0.5) is 0 Å². The normalized spacial score (nSPS) is 14.1. The van der Waals surface area contributed by atoms with Crippen LogP contribution in [0.3, 0.4) is 0 Å². The molecule has 15 heavy (non-hydrogen) atoms. The predicted molar refractivity (Wildman–Crippen MR) is 62.5 cm³/mol. The van der Waals surface area contributed by atoms with E-state index >= 15 is 0 Å². The van der Waals surface area contributed by atoms with Crippen molar-refractivity contribution >= 4 is 25.8 Å². The fourth-order valence-corrected chi connectivity index (χ4v) is 2.68. The molecule has 0 spiro atoms. The van der Waals surface area contributed by atoms with Crippen LogP contribution in [0.25, 0.3) is 0 Å². The molecule has 1 heterocycles. The summed E-state index contributed by atoms with van der Waals surface area (Å²) >= 11 is 3.32. The van der Waals surface area contributed by atoms with Gasteiger partial charge in [0.15, 0.2) is 0 Å². The topological polar surface area (TPSA) is 59.3 Å². The van der Waals surface area contributed by atoms with E-state index in [1.165, 1.54) is 12.5 Å². The van der Waals surface area contributed by atoms with Gasteiger partial charge in [-0.15, -0.1) is 0 Å². The smallest absolute Gasteiger partial charge is 0.149 e. The van der Waals surface area contributed by atoms with Crippen LogP contribution in [0.2, 0.25) is 0 Å². The number of hydrogen-bond acceptors (Lipinski definition) is 4. The van der Waals surface area contributed by atoms with E-state index in [9.17, 15) is 8.42 Å². The van der Waals surface area contributed by atoms with E-state index in [0.717, 1.165) is 4.47 Å². The largest absolute Gasteiger partial charge is 0.466 e. The van der Waals surface area contributed by atoms with Gasteiger partial charge in [-0.25, -0.2) is 8.42 Å². The molecule has 0 amide bonds. The molecular formula is C9H14BrNO3S. The summed E-state index contributed by atoms with van der Waals surface area (Å²) in [5.41, 5.74) is 0. The molecule has 1 unspecified atom stereocenters. The number of furan rings is 1. The highest BCUT2D eigenvalue weighted by molar-refractivity contribution is 9.10. The Kier molecular flexibility index (Phi) is 4.36. The van der Waals surface area contributed by atoms with Crippen molar-refractivity contribution in [2.75, 3.05) is 18.6 Å². The zero-order valence-corrected chi connectivity index (χ0v) is 11.1. The van der Waals surface area contributed by atoms with Crippen molar-refractivity contribution in [3.05, 3.63) is 22.6 Å². The number of halogens is 1. The Bertz CT molecular complexity index is 413. The molecule has 1 N–H and O–H groups in total. The molecule has 0 aliphatic heterocycles. The molecule has 1 rings (SSSR count). The van der Waals surface area contributed by atoms with Gasteiger partial charge in [0, 0.05) is 6.26 Å². The highest BCUT2D eigenvalue weighted by atomic mass is 79.9. The fourth-order valence-electron chi connectivity index (χ4n) is 1.33. The third-order valence-electron chi connectivity index (χ3n) is 1.88. The first-order valence-corrected chi connectivity index (χ1v) is 7.43. The van der Waals surface area contributed by atoms with Crippen molar-refractivity contribution in [3.8, 4) is 0 Å². The lowest BCUT2D eigenvalue weighted by molar-refractivity contribution is 0.433. The second kappa shape index (κ2) is 5.14. The van der Waals surface area contributed by atoms with E-state index in [1.807, 2.05) is 6.92 Å². The van der Waals surface area contributed by atoms with E-state index in [0.29, 0.717) is 12.3 Å². The second-order valence-electron chi connectivity index (χ2n) is 3.34. The predicted octanol–water partition coefficient (Wildman–Crippen LogP) is 1.74. The van der Waals surface area contributed by atoms with Crippen LogP contribution in [-0.2, 0) is 9.84 Å². The summed E-state index contributed by atoms with van der Waals surface area (Å²) in [6, 6.07) is 1.46. The van der Waals surface area contributed by atoms with Gasteiger partial charge in [-0.3, -0.25) is 0 Å². The molecule has 86 valence electrons. The number of rotatable bonds is 5. The molecule has 0 fully saturated rings. The molecule has 0 saturated carbocycles. The minimum absolute atomic E-state index is 0.0347. The third kappa shape index (κ3) is 3.96. The highest BCUT2D eigenvalue weighted by Gasteiger charge is 2.21. The molecule has 0 aromatic carbocycles. The summed E-state index contributed by atoms with van der Waals surface area (Å²) in [6.07, 6.45) is 2.75. The Morgan fingerprint density at radius 2 is 2.27 bits per heavy atom. The summed E-state index contributed by atoms with van der Waals surface area (Å²) in [6.45, 7) is 2.61. The maximum absolute atomic E-state index is 11.2. The lowest BCUT2D eigenvalue weighted by atomic mass is 10.2. The summed E-state index contributed by atoms with van der Waals surface area (Å²) in [5, 5.41) is 3.08. The van der Waals surface area contributed by atoms with Crippen molar-refractivity contribution in [3.63, 3.8) is 0 Å². The minimum Gasteiger partial charge on any atom is -0.466 e. The van der Waals surface area contributed by atoms with Crippen LogP contribution in [0.1, 0.15) is 18.7 Å². The van der Waals surface area contributed by atoms with Gasteiger partial charge in [-0.2, -0.15) is 0 Å². The van der Waals surface area contributed by atoms with Crippen molar-refractivity contribution < 1.29 is 12.8 Å². The Morgan fingerprint density at radius 1 is 1.60 bits per heavy atom. The molecule has 6 heteroatoms. The molecule has 1 atom stereocenters. The van der Waals surface area contributed by atoms with E-state index in [-0.39, 0.29) is 11.8 Å². The van der Waals surface area contributed by atoms with Crippen molar-refractivity contribution in [1.82, 2.24) is 5.32 Å². The zero-order chi connectivity index (χ0) is 11.5. The molecule has 0 saturated heterocycles. The first kappa shape index (κ1) is 12.7. The molecule has 0 radical (unpaired) electrons. The van der Waals surface area contributed by atoms with Crippen LogP contribution < -0.4 is 5.32 Å². The van der Waals surface area contributed by atoms with Crippen LogP contribution in [0.5, 0.6) is 0 Å². The Hall–Kier alpha value is -0.330. The molecular weight excluding hydrogens is 282 g/mol. The van der Waals surface area contributed by atoms with Gasteiger partial charge in [-0.1, -0.05) is 6.92 Å². The van der Waals surface area contributed by atoms with E-state index in [2.05, 4.69) is 21.2 Å². The van der Waals surface area contributed by atoms with Crippen LogP contribution in [0, 0.1) is 0 Å². The number of sulfone groups is 1. The van der Waals surface area contributed by atoms with Gasteiger partial charge in [0.05, 0.1) is 22.5 Å². The maximum atomic E-state index is 11.2. The van der Waals surface area contributed by atoms with Crippen molar-refractivity contribution in [2.24, 2.45) is 0 Å². The monoisotopic (exact) mass is 295 g/mol. The zero-order valence-electron chi connectivity index (χ0n) is 8.66. The number of hydrogen-bond donors (Lipinski definition) is 1. The lowest BCUT2D eigenvalue weighted by Gasteiger charge is -2.14.